The van der Waals surface area contributed by atoms with Crippen LogP contribution in [0.1, 0.15) is 42.7 Å². The van der Waals surface area contributed by atoms with Gasteiger partial charge in [0.25, 0.3) is 0 Å². The van der Waals surface area contributed by atoms with Crippen LogP contribution in [0.15, 0.2) is 48.5 Å². The number of benzene rings is 2. The first-order chi connectivity index (χ1) is 17.0. The molecule has 2 fully saturated rings. The summed E-state index contributed by atoms with van der Waals surface area (Å²) in [6.45, 7) is 0.804. The zero-order valence-electron chi connectivity index (χ0n) is 19.4. The molecule has 1 saturated heterocycles. The molecule has 1 saturated carbocycles. The van der Waals surface area contributed by atoms with E-state index < -0.39 is 12.1 Å². The standard InChI is InChI=1S/C27H30N2O6/c30-25(29-18-10-9-16(11-18)26(31)32)17-12-19(34-14-17)13-28-27(33)35-15-24-22-7-3-1-5-20(22)21-6-2-4-8-23(21)24/h1-8,16-19,24H,9-15H2,(H,28,33)(H,29,30)(H,31,32)/t16?,17-,18?,19-/m0/s1. The van der Waals surface area contributed by atoms with Crippen LogP contribution in [-0.4, -0.2) is 55.0 Å². The lowest BCUT2D eigenvalue weighted by Crippen LogP contribution is -2.38. The molecule has 8 heteroatoms. The number of hydrogen-bond donors (Lipinski definition) is 3. The second-order valence-electron chi connectivity index (χ2n) is 9.65. The minimum Gasteiger partial charge on any atom is -0.481 e. The highest BCUT2D eigenvalue weighted by Crippen LogP contribution is 2.44. The molecule has 2 amide bonds. The quantitative estimate of drug-likeness (QED) is 0.563. The number of aliphatic carboxylic acids is 1. The molecule has 2 aromatic rings. The number of fused-ring (bicyclic) bond motifs is 3. The van der Waals surface area contributed by atoms with Crippen molar-refractivity contribution in [2.24, 2.45) is 11.8 Å². The SMILES string of the molecule is O=C(NC[C@@H]1C[C@H](C(=O)NC2CCC(C(=O)O)C2)CO1)OCC1c2ccccc2-c2ccccc21. The van der Waals surface area contributed by atoms with Crippen LogP contribution in [0.2, 0.25) is 0 Å². The van der Waals surface area contributed by atoms with Crippen LogP contribution >= 0.6 is 0 Å². The highest BCUT2D eigenvalue weighted by Gasteiger charge is 2.35. The molecule has 0 aromatic heterocycles. The Morgan fingerprint density at radius 3 is 2.29 bits per heavy atom. The van der Waals surface area contributed by atoms with E-state index in [0.717, 1.165) is 11.1 Å². The molecule has 184 valence electrons. The van der Waals surface area contributed by atoms with Gasteiger partial charge in [-0.15, -0.1) is 0 Å². The number of amides is 2. The highest BCUT2D eigenvalue weighted by atomic mass is 16.5. The van der Waals surface area contributed by atoms with Gasteiger partial charge in [-0.2, -0.15) is 0 Å². The summed E-state index contributed by atoms with van der Waals surface area (Å²) in [7, 11) is 0. The van der Waals surface area contributed by atoms with Gasteiger partial charge in [0, 0.05) is 18.5 Å². The van der Waals surface area contributed by atoms with Crippen molar-refractivity contribution in [1.29, 1.82) is 0 Å². The van der Waals surface area contributed by atoms with Crippen molar-refractivity contribution in [3.8, 4) is 11.1 Å². The second-order valence-corrected chi connectivity index (χ2v) is 9.65. The minimum atomic E-state index is -0.801. The number of rotatable bonds is 7. The number of carboxylic acids is 1. The first-order valence-corrected chi connectivity index (χ1v) is 12.2. The Hall–Kier alpha value is -3.39. The van der Waals surface area contributed by atoms with E-state index in [9.17, 15) is 14.4 Å². The van der Waals surface area contributed by atoms with Crippen LogP contribution in [0.25, 0.3) is 11.1 Å². The largest absolute Gasteiger partial charge is 0.481 e. The van der Waals surface area contributed by atoms with Crippen LogP contribution in [-0.2, 0) is 19.1 Å². The predicted molar refractivity (Wildman–Crippen MR) is 128 cm³/mol. The first kappa shape index (κ1) is 23.4. The Bertz CT molecular complexity index is 1070. The van der Waals surface area contributed by atoms with E-state index in [4.69, 9.17) is 14.6 Å². The van der Waals surface area contributed by atoms with Crippen molar-refractivity contribution in [2.75, 3.05) is 19.8 Å². The third-order valence-corrected chi connectivity index (χ3v) is 7.40. The molecule has 2 aromatic carbocycles. The van der Waals surface area contributed by atoms with Gasteiger partial charge in [0.1, 0.15) is 6.61 Å². The molecule has 5 rings (SSSR count). The third kappa shape index (κ3) is 5.03. The summed E-state index contributed by atoms with van der Waals surface area (Å²) in [5, 5.41) is 14.9. The van der Waals surface area contributed by atoms with E-state index in [2.05, 4.69) is 34.9 Å². The number of nitrogens with one attached hydrogen (secondary N) is 2. The fraction of sp³-hybridized carbons (Fsp3) is 0.444. The Labute approximate surface area is 204 Å². The molecular formula is C27H30N2O6. The Balaban J connectivity index is 1.06. The smallest absolute Gasteiger partial charge is 0.407 e. The summed E-state index contributed by atoms with van der Waals surface area (Å²) in [4.78, 5) is 36.1. The lowest BCUT2D eigenvalue weighted by atomic mass is 9.98. The van der Waals surface area contributed by atoms with Gasteiger partial charge in [0.15, 0.2) is 0 Å². The molecule has 35 heavy (non-hydrogen) atoms. The van der Waals surface area contributed by atoms with E-state index in [0.29, 0.717) is 25.7 Å². The molecule has 1 heterocycles. The van der Waals surface area contributed by atoms with Crippen molar-refractivity contribution in [2.45, 2.75) is 43.7 Å². The maximum absolute atomic E-state index is 12.6. The number of carbonyl (C=O) groups excluding carboxylic acids is 2. The molecular weight excluding hydrogens is 448 g/mol. The molecule has 0 spiro atoms. The van der Waals surface area contributed by atoms with E-state index in [-0.39, 0.29) is 55.6 Å². The van der Waals surface area contributed by atoms with Gasteiger partial charge >= 0.3 is 12.1 Å². The molecule has 2 aliphatic carbocycles. The average molecular weight is 479 g/mol. The number of carbonyl (C=O) groups is 3. The lowest BCUT2D eigenvalue weighted by molar-refractivity contribution is -0.141. The second kappa shape index (κ2) is 10.1. The molecule has 8 nitrogen and oxygen atoms in total. The van der Waals surface area contributed by atoms with Crippen LogP contribution < -0.4 is 10.6 Å². The normalized spacial score (nSPS) is 25.0. The minimum absolute atomic E-state index is 0.000249. The van der Waals surface area contributed by atoms with Gasteiger partial charge in [-0.25, -0.2) is 4.79 Å². The molecule has 2 unspecified atom stereocenters. The number of hydrogen-bond acceptors (Lipinski definition) is 5. The van der Waals surface area contributed by atoms with Crippen molar-refractivity contribution in [3.63, 3.8) is 0 Å². The van der Waals surface area contributed by atoms with Crippen molar-refractivity contribution in [1.82, 2.24) is 10.6 Å². The average Bonchev–Trinajstić information content (AvgIpc) is 3.59. The summed E-state index contributed by atoms with van der Waals surface area (Å²) < 4.78 is 11.3. The topological polar surface area (TPSA) is 114 Å². The summed E-state index contributed by atoms with van der Waals surface area (Å²) in [5.74, 6) is -1.59. The van der Waals surface area contributed by atoms with Crippen LogP contribution in [0, 0.1) is 11.8 Å². The van der Waals surface area contributed by atoms with E-state index in [1.165, 1.54) is 11.1 Å². The highest BCUT2D eigenvalue weighted by molar-refractivity contribution is 5.80. The Kier molecular flexibility index (Phi) is 6.72. The van der Waals surface area contributed by atoms with Gasteiger partial charge in [-0.1, -0.05) is 48.5 Å². The Morgan fingerprint density at radius 1 is 0.943 bits per heavy atom. The van der Waals surface area contributed by atoms with Crippen LogP contribution in [0.4, 0.5) is 4.79 Å². The molecule has 3 aliphatic rings. The monoisotopic (exact) mass is 478 g/mol. The molecule has 0 bridgehead atoms. The number of alkyl carbamates (subject to hydrolysis) is 1. The van der Waals surface area contributed by atoms with Gasteiger partial charge in [0.05, 0.1) is 24.5 Å². The predicted octanol–water partition coefficient (Wildman–Crippen LogP) is 3.30. The van der Waals surface area contributed by atoms with Crippen LogP contribution in [0.3, 0.4) is 0 Å². The number of carboxylic acid groups (broad SMARTS) is 1. The van der Waals surface area contributed by atoms with E-state index >= 15 is 0 Å². The van der Waals surface area contributed by atoms with E-state index in [1.54, 1.807) is 0 Å². The fourth-order valence-corrected chi connectivity index (χ4v) is 5.53. The molecule has 0 radical (unpaired) electrons. The zero-order chi connectivity index (χ0) is 24.4. The van der Waals surface area contributed by atoms with Crippen molar-refractivity contribution in [3.05, 3.63) is 59.7 Å². The van der Waals surface area contributed by atoms with Gasteiger partial charge in [-0.3, -0.25) is 9.59 Å². The van der Waals surface area contributed by atoms with Gasteiger partial charge in [0.2, 0.25) is 5.91 Å². The number of ether oxygens (including phenoxy) is 2. The summed E-state index contributed by atoms with van der Waals surface area (Å²) in [6.07, 6.45) is 1.49. The fourth-order valence-electron chi connectivity index (χ4n) is 5.53. The molecule has 1 aliphatic heterocycles. The van der Waals surface area contributed by atoms with Gasteiger partial charge < -0.3 is 25.2 Å². The maximum Gasteiger partial charge on any atom is 0.407 e. The van der Waals surface area contributed by atoms with Gasteiger partial charge in [-0.05, 0) is 47.9 Å². The molecule has 3 N–H and O–H groups in total. The van der Waals surface area contributed by atoms with Crippen LogP contribution in [0.5, 0.6) is 0 Å². The maximum atomic E-state index is 12.6. The van der Waals surface area contributed by atoms with Crippen molar-refractivity contribution < 1.29 is 29.0 Å². The summed E-state index contributed by atoms with van der Waals surface area (Å²) in [6, 6.07) is 16.3. The molecule has 4 atom stereocenters. The third-order valence-electron chi connectivity index (χ3n) is 7.40. The summed E-state index contributed by atoms with van der Waals surface area (Å²) >= 11 is 0. The van der Waals surface area contributed by atoms with Crippen molar-refractivity contribution >= 4 is 18.0 Å². The van der Waals surface area contributed by atoms with E-state index in [1.807, 2.05) is 24.3 Å². The Morgan fingerprint density at radius 2 is 1.63 bits per heavy atom. The zero-order valence-corrected chi connectivity index (χ0v) is 19.4. The first-order valence-electron chi connectivity index (χ1n) is 12.2. The summed E-state index contributed by atoms with van der Waals surface area (Å²) in [5.41, 5.74) is 4.67. The lowest BCUT2D eigenvalue weighted by Gasteiger charge is -2.16.